The maximum atomic E-state index is 2.42. The average Bonchev–Trinajstić information content (AvgIpc) is 2.19. The monoisotopic (exact) mass is 194 g/mol. The lowest BCUT2D eigenvalue weighted by Crippen LogP contribution is -2.30. The Morgan fingerprint density at radius 3 is 1.93 bits per heavy atom. The largest absolute Gasteiger partial charge is 0.0707 e. The minimum atomic E-state index is 0.794. The zero-order valence-corrected chi connectivity index (χ0v) is 10.7. The molecule has 0 N–H and O–H groups in total. The molecule has 0 fully saturated rings. The van der Waals surface area contributed by atoms with Crippen LogP contribution in [-0.2, 0) is 0 Å². The molecule has 0 nitrogen and oxygen atoms in total. The highest BCUT2D eigenvalue weighted by molar-refractivity contribution is 5.22. The summed E-state index contributed by atoms with van der Waals surface area (Å²) >= 11 is 0. The van der Waals surface area contributed by atoms with Crippen LogP contribution in [0, 0.1) is 23.7 Å². The normalized spacial score (nSPS) is 39.0. The van der Waals surface area contributed by atoms with Gasteiger partial charge in [-0.2, -0.15) is 0 Å². The van der Waals surface area contributed by atoms with Crippen LogP contribution in [-0.4, -0.2) is 0 Å². The summed E-state index contributed by atoms with van der Waals surface area (Å²) in [4.78, 5) is 0. The summed E-state index contributed by atoms with van der Waals surface area (Å²) < 4.78 is 0. The predicted octanol–water partition coefficient (Wildman–Crippen LogP) is 4.66. The second-order valence-electron chi connectivity index (χ2n) is 5.25. The summed E-state index contributed by atoms with van der Waals surface area (Å²) in [6.07, 6.45) is 2.61. The summed E-state index contributed by atoms with van der Waals surface area (Å²) in [7, 11) is 0. The van der Waals surface area contributed by atoms with Gasteiger partial charge in [0.05, 0.1) is 0 Å². The highest BCUT2D eigenvalue weighted by Gasteiger charge is 2.32. The minimum absolute atomic E-state index is 0.794. The Balaban J connectivity index is 2.97. The lowest BCUT2D eigenvalue weighted by Gasteiger charge is -2.40. The van der Waals surface area contributed by atoms with Crippen LogP contribution in [0.3, 0.4) is 0 Å². The molecule has 0 heteroatoms. The molecule has 4 unspecified atom stereocenters. The van der Waals surface area contributed by atoms with Crippen molar-refractivity contribution in [3.05, 3.63) is 11.1 Å². The van der Waals surface area contributed by atoms with Crippen LogP contribution < -0.4 is 0 Å². The topological polar surface area (TPSA) is 0 Å². The van der Waals surface area contributed by atoms with Crippen molar-refractivity contribution in [2.24, 2.45) is 23.7 Å². The van der Waals surface area contributed by atoms with E-state index in [1.807, 2.05) is 0 Å². The number of rotatable bonds is 2. The Labute approximate surface area is 89.8 Å². The Morgan fingerprint density at radius 1 is 0.929 bits per heavy atom. The molecule has 14 heavy (non-hydrogen) atoms. The molecule has 0 amide bonds. The van der Waals surface area contributed by atoms with E-state index in [-0.39, 0.29) is 0 Å². The molecule has 0 aliphatic heterocycles. The smallest absolute Gasteiger partial charge is 0.0200 e. The first-order chi connectivity index (χ1) is 6.50. The van der Waals surface area contributed by atoms with Gasteiger partial charge in [0, 0.05) is 0 Å². The van der Waals surface area contributed by atoms with E-state index in [0.717, 1.165) is 23.7 Å². The fourth-order valence-electron chi connectivity index (χ4n) is 2.97. The zero-order valence-electron chi connectivity index (χ0n) is 10.7. The van der Waals surface area contributed by atoms with Gasteiger partial charge in [-0.25, -0.2) is 0 Å². The Kier molecular flexibility index (Phi) is 3.80. The van der Waals surface area contributed by atoms with Crippen molar-refractivity contribution >= 4 is 0 Å². The molecule has 0 heterocycles. The SMILES string of the molecule is CCCC1=C(C)C(C)C(C)C(C)C1C. The number of hydrogen-bond acceptors (Lipinski definition) is 0. The van der Waals surface area contributed by atoms with Crippen LogP contribution in [0.1, 0.15) is 54.4 Å². The van der Waals surface area contributed by atoms with Crippen LogP contribution in [0.2, 0.25) is 0 Å². The maximum Gasteiger partial charge on any atom is -0.0200 e. The second kappa shape index (κ2) is 4.51. The van der Waals surface area contributed by atoms with E-state index in [1.54, 1.807) is 11.1 Å². The van der Waals surface area contributed by atoms with Gasteiger partial charge in [0.15, 0.2) is 0 Å². The van der Waals surface area contributed by atoms with Crippen molar-refractivity contribution in [1.82, 2.24) is 0 Å². The molecule has 0 spiro atoms. The first-order valence-electron chi connectivity index (χ1n) is 6.20. The summed E-state index contributed by atoms with van der Waals surface area (Å²) in [5.74, 6) is 3.31. The van der Waals surface area contributed by atoms with Gasteiger partial charge in [-0.3, -0.25) is 0 Å². The standard InChI is InChI=1S/C14H26/c1-7-8-14-12(5)10(3)9(2)11(4)13(14)6/h9-12H,7-8H2,1-6H3. The first-order valence-corrected chi connectivity index (χ1v) is 6.20. The fraction of sp³-hybridized carbons (Fsp3) is 0.857. The molecular weight excluding hydrogens is 168 g/mol. The maximum absolute atomic E-state index is 2.42. The number of allylic oxidation sites excluding steroid dienone is 2. The van der Waals surface area contributed by atoms with Crippen molar-refractivity contribution in [3.63, 3.8) is 0 Å². The molecule has 1 aliphatic carbocycles. The third-order valence-corrected chi connectivity index (χ3v) is 4.67. The van der Waals surface area contributed by atoms with Crippen molar-refractivity contribution in [2.75, 3.05) is 0 Å². The van der Waals surface area contributed by atoms with E-state index < -0.39 is 0 Å². The second-order valence-corrected chi connectivity index (χ2v) is 5.25. The van der Waals surface area contributed by atoms with Gasteiger partial charge in [0.2, 0.25) is 0 Å². The molecule has 0 aromatic carbocycles. The summed E-state index contributed by atoms with van der Waals surface area (Å²) in [5.41, 5.74) is 3.44. The fourth-order valence-corrected chi connectivity index (χ4v) is 2.97. The van der Waals surface area contributed by atoms with E-state index in [9.17, 15) is 0 Å². The van der Waals surface area contributed by atoms with Crippen molar-refractivity contribution in [2.45, 2.75) is 54.4 Å². The van der Waals surface area contributed by atoms with Crippen molar-refractivity contribution < 1.29 is 0 Å². The van der Waals surface area contributed by atoms with Gasteiger partial charge in [0.1, 0.15) is 0 Å². The first kappa shape index (κ1) is 11.8. The predicted molar refractivity (Wildman–Crippen MR) is 64.3 cm³/mol. The van der Waals surface area contributed by atoms with Gasteiger partial charge in [-0.1, -0.05) is 52.2 Å². The van der Waals surface area contributed by atoms with Gasteiger partial charge >= 0.3 is 0 Å². The lowest BCUT2D eigenvalue weighted by molar-refractivity contribution is 0.222. The van der Waals surface area contributed by atoms with Gasteiger partial charge < -0.3 is 0 Å². The number of hydrogen-bond donors (Lipinski definition) is 0. The molecule has 0 radical (unpaired) electrons. The zero-order chi connectivity index (χ0) is 10.9. The quantitative estimate of drug-likeness (QED) is 0.561. The average molecular weight is 194 g/mol. The summed E-state index contributed by atoms with van der Waals surface area (Å²) in [6, 6.07) is 0. The van der Waals surface area contributed by atoms with Crippen LogP contribution >= 0.6 is 0 Å². The molecule has 0 aromatic rings. The van der Waals surface area contributed by atoms with Gasteiger partial charge in [-0.05, 0) is 37.0 Å². The molecule has 0 bridgehead atoms. The highest BCUT2D eigenvalue weighted by atomic mass is 14.4. The molecule has 1 aliphatic rings. The van der Waals surface area contributed by atoms with Crippen LogP contribution in [0.25, 0.3) is 0 Å². The van der Waals surface area contributed by atoms with E-state index >= 15 is 0 Å². The lowest BCUT2D eigenvalue weighted by atomic mass is 9.66. The summed E-state index contributed by atoms with van der Waals surface area (Å²) in [6.45, 7) is 14.3. The van der Waals surface area contributed by atoms with E-state index in [0.29, 0.717) is 0 Å². The highest BCUT2D eigenvalue weighted by Crippen LogP contribution is 2.43. The summed E-state index contributed by atoms with van der Waals surface area (Å²) in [5, 5.41) is 0. The van der Waals surface area contributed by atoms with Crippen molar-refractivity contribution in [1.29, 1.82) is 0 Å². The van der Waals surface area contributed by atoms with Crippen LogP contribution in [0.5, 0.6) is 0 Å². The molecule has 0 saturated carbocycles. The third kappa shape index (κ3) is 1.89. The Hall–Kier alpha value is -0.260. The third-order valence-electron chi connectivity index (χ3n) is 4.67. The van der Waals surface area contributed by atoms with E-state index in [4.69, 9.17) is 0 Å². The molecule has 82 valence electrons. The van der Waals surface area contributed by atoms with Crippen LogP contribution in [0.4, 0.5) is 0 Å². The van der Waals surface area contributed by atoms with Crippen LogP contribution in [0.15, 0.2) is 11.1 Å². The van der Waals surface area contributed by atoms with Gasteiger partial charge in [-0.15, -0.1) is 0 Å². The molecule has 1 rings (SSSR count). The molecular formula is C14H26. The van der Waals surface area contributed by atoms with Gasteiger partial charge in [0.25, 0.3) is 0 Å². The molecule has 0 saturated heterocycles. The minimum Gasteiger partial charge on any atom is -0.0707 e. The molecule has 0 aromatic heterocycles. The van der Waals surface area contributed by atoms with Crippen molar-refractivity contribution in [3.8, 4) is 0 Å². The van der Waals surface area contributed by atoms with E-state index in [2.05, 4.69) is 41.5 Å². The van der Waals surface area contributed by atoms with E-state index in [1.165, 1.54) is 12.8 Å². The molecule has 4 atom stereocenters. The Bertz CT molecular complexity index is 224. The Morgan fingerprint density at radius 2 is 1.43 bits per heavy atom.